The molecule has 0 atom stereocenters. The summed E-state index contributed by atoms with van der Waals surface area (Å²) in [6.45, 7) is 0. The second kappa shape index (κ2) is 6.41. The van der Waals surface area contributed by atoms with Gasteiger partial charge in [-0.05, 0) is 25.7 Å². The Morgan fingerprint density at radius 2 is 1.58 bits per heavy atom. The Hall–Kier alpha value is -1.04. The molecule has 3 heteroatoms. The first-order valence-corrected chi connectivity index (χ1v) is 7.88. The predicted octanol–water partition coefficient (Wildman–Crippen LogP) is 3.64. The molecule has 0 heterocycles. The van der Waals surface area contributed by atoms with Crippen LogP contribution in [0.4, 0.5) is 0 Å². The Kier molecular flexibility index (Phi) is 4.85. The van der Waals surface area contributed by atoms with E-state index in [4.69, 9.17) is 0 Å². The van der Waals surface area contributed by atoms with Gasteiger partial charge in [0, 0.05) is 13.1 Å². The lowest BCUT2D eigenvalue weighted by Crippen LogP contribution is -2.46. The van der Waals surface area contributed by atoms with Gasteiger partial charge in [-0.3, -0.25) is 4.79 Å². The molecule has 3 nitrogen and oxygen atoms in total. The van der Waals surface area contributed by atoms with E-state index < -0.39 is 5.41 Å². The lowest BCUT2D eigenvalue weighted by molar-refractivity contribution is -0.141. The van der Waals surface area contributed by atoms with Crippen LogP contribution in [0, 0.1) is 16.7 Å². The van der Waals surface area contributed by atoms with Crippen molar-refractivity contribution in [1.82, 2.24) is 4.90 Å². The number of rotatable bonds is 2. The fraction of sp³-hybridized carbons (Fsp3) is 0.875. The maximum atomic E-state index is 12.8. The molecule has 0 aromatic carbocycles. The highest BCUT2D eigenvalue weighted by atomic mass is 16.2. The van der Waals surface area contributed by atoms with E-state index in [1.807, 2.05) is 11.9 Å². The molecule has 19 heavy (non-hydrogen) atoms. The Balaban J connectivity index is 2.08. The van der Waals surface area contributed by atoms with E-state index in [0.29, 0.717) is 6.04 Å². The summed E-state index contributed by atoms with van der Waals surface area (Å²) in [4.78, 5) is 14.7. The molecule has 0 aromatic rings. The van der Waals surface area contributed by atoms with Crippen LogP contribution in [0.15, 0.2) is 0 Å². The molecule has 2 aliphatic carbocycles. The van der Waals surface area contributed by atoms with Crippen LogP contribution < -0.4 is 0 Å². The van der Waals surface area contributed by atoms with Crippen molar-refractivity contribution in [3.05, 3.63) is 0 Å². The van der Waals surface area contributed by atoms with Crippen molar-refractivity contribution >= 4 is 5.91 Å². The maximum Gasteiger partial charge on any atom is 0.243 e. The Labute approximate surface area is 117 Å². The van der Waals surface area contributed by atoms with Crippen molar-refractivity contribution in [3.8, 4) is 6.07 Å². The fourth-order valence-electron chi connectivity index (χ4n) is 3.68. The summed E-state index contributed by atoms with van der Waals surface area (Å²) in [5.74, 6) is 0.101. The molecule has 0 N–H and O–H groups in total. The largest absolute Gasteiger partial charge is 0.341 e. The molecule has 0 saturated heterocycles. The van der Waals surface area contributed by atoms with Crippen molar-refractivity contribution < 1.29 is 4.79 Å². The van der Waals surface area contributed by atoms with Crippen LogP contribution in [0.3, 0.4) is 0 Å². The Morgan fingerprint density at radius 3 is 2.11 bits per heavy atom. The van der Waals surface area contributed by atoms with Gasteiger partial charge < -0.3 is 4.90 Å². The average Bonchev–Trinajstić information content (AvgIpc) is 2.73. The third kappa shape index (κ3) is 3.11. The van der Waals surface area contributed by atoms with Gasteiger partial charge in [-0.2, -0.15) is 5.26 Å². The van der Waals surface area contributed by atoms with Crippen LogP contribution in [0.25, 0.3) is 0 Å². The Bertz CT molecular complexity index is 344. The topological polar surface area (TPSA) is 44.1 Å². The van der Waals surface area contributed by atoms with Crippen LogP contribution >= 0.6 is 0 Å². The number of carbonyl (C=O) groups is 1. The molecule has 0 radical (unpaired) electrons. The molecule has 0 aliphatic heterocycles. The molecule has 2 saturated carbocycles. The van der Waals surface area contributed by atoms with Gasteiger partial charge in [-0.1, -0.05) is 44.9 Å². The minimum absolute atomic E-state index is 0.101. The Morgan fingerprint density at radius 1 is 1.05 bits per heavy atom. The highest BCUT2D eigenvalue weighted by Gasteiger charge is 2.42. The van der Waals surface area contributed by atoms with Gasteiger partial charge in [-0.15, -0.1) is 0 Å². The smallest absolute Gasteiger partial charge is 0.243 e. The van der Waals surface area contributed by atoms with E-state index in [2.05, 4.69) is 6.07 Å². The summed E-state index contributed by atoms with van der Waals surface area (Å²) < 4.78 is 0. The van der Waals surface area contributed by atoms with E-state index in [-0.39, 0.29) is 5.91 Å². The third-order valence-corrected chi connectivity index (χ3v) is 5.02. The lowest BCUT2D eigenvalue weighted by atomic mass is 9.79. The predicted molar refractivity (Wildman–Crippen MR) is 75.4 cm³/mol. The normalized spacial score (nSPS) is 24.2. The number of hydrogen-bond donors (Lipinski definition) is 0. The van der Waals surface area contributed by atoms with Crippen molar-refractivity contribution in [2.24, 2.45) is 5.41 Å². The molecule has 0 unspecified atom stereocenters. The van der Waals surface area contributed by atoms with E-state index in [0.717, 1.165) is 38.5 Å². The first-order valence-electron chi connectivity index (χ1n) is 7.88. The highest BCUT2D eigenvalue weighted by Crippen LogP contribution is 2.37. The van der Waals surface area contributed by atoms with Gasteiger partial charge in [0.05, 0.1) is 6.07 Å². The van der Waals surface area contributed by atoms with E-state index in [1.165, 1.54) is 32.1 Å². The summed E-state index contributed by atoms with van der Waals surface area (Å²) in [6, 6.07) is 2.76. The van der Waals surface area contributed by atoms with E-state index in [9.17, 15) is 10.1 Å². The molecule has 2 fully saturated rings. The second-order valence-electron chi connectivity index (χ2n) is 6.32. The first-order chi connectivity index (χ1) is 9.19. The number of nitriles is 1. The van der Waals surface area contributed by atoms with Gasteiger partial charge in [0.15, 0.2) is 0 Å². The highest BCUT2D eigenvalue weighted by molar-refractivity contribution is 5.85. The summed E-state index contributed by atoms with van der Waals surface area (Å²) in [5, 5.41) is 9.59. The minimum atomic E-state index is -0.720. The molecule has 0 spiro atoms. The monoisotopic (exact) mass is 262 g/mol. The van der Waals surface area contributed by atoms with Gasteiger partial charge >= 0.3 is 0 Å². The van der Waals surface area contributed by atoms with Crippen molar-refractivity contribution in [2.75, 3.05) is 7.05 Å². The van der Waals surface area contributed by atoms with Crippen LogP contribution in [-0.2, 0) is 4.79 Å². The minimum Gasteiger partial charge on any atom is -0.341 e. The molecular formula is C16H26N2O. The zero-order valence-corrected chi connectivity index (χ0v) is 12.2. The molecule has 1 amide bonds. The van der Waals surface area contributed by atoms with Crippen molar-refractivity contribution in [2.45, 2.75) is 76.7 Å². The number of amides is 1. The van der Waals surface area contributed by atoms with Crippen LogP contribution in [0.2, 0.25) is 0 Å². The summed E-state index contributed by atoms with van der Waals surface area (Å²) >= 11 is 0. The average molecular weight is 262 g/mol. The van der Waals surface area contributed by atoms with Gasteiger partial charge in [0.25, 0.3) is 0 Å². The maximum absolute atomic E-state index is 12.8. The van der Waals surface area contributed by atoms with E-state index in [1.54, 1.807) is 0 Å². The number of carbonyl (C=O) groups excluding carboxylic acids is 1. The molecular weight excluding hydrogens is 236 g/mol. The van der Waals surface area contributed by atoms with Crippen molar-refractivity contribution in [1.29, 1.82) is 5.26 Å². The van der Waals surface area contributed by atoms with Crippen LogP contribution in [-0.4, -0.2) is 23.9 Å². The molecule has 2 aliphatic rings. The van der Waals surface area contributed by atoms with Crippen LogP contribution in [0.5, 0.6) is 0 Å². The van der Waals surface area contributed by atoms with Gasteiger partial charge in [0.1, 0.15) is 5.41 Å². The SMILES string of the molecule is CN(C(=O)C1(C#N)CCCCCC1)C1CCCCC1. The summed E-state index contributed by atoms with van der Waals surface area (Å²) in [7, 11) is 1.92. The molecule has 2 rings (SSSR count). The summed E-state index contributed by atoms with van der Waals surface area (Å²) in [5.41, 5.74) is -0.720. The van der Waals surface area contributed by atoms with Crippen LogP contribution in [0.1, 0.15) is 70.6 Å². The zero-order valence-electron chi connectivity index (χ0n) is 12.2. The lowest BCUT2D eigenvalue weighted by Gasteiger charge is -2.36. The second-order valence-corrected chi connectivity index (χ2v) is 6.32. The summed E-state index contributed by atoms with van der Waals surface area (Å²) in [6.07, 6.45) is 11.9. The van der Waals surface area contributed by atoms with Gasteiger partial charge in [0.2, 0.25) is 5.91 Å². The zero-order chi connectivity index (χ0) is 13.7. The van der Waals surface area contributed by atoms with Gasteiger partial charge in [-0.25, -0.2) is 0 Å². The number of hydrogen-bond acceptors (Lipinski definition) is 2. The van der Waals surface area contributed by atoms with Crippen molar-refractivity contribution in [3.63, 3.8) is 0 Å². The fourth-order valence-corrected chi connectivity index (χ4v) is 3.68. The quantitative estimate of drug-likeness (QED) is 0.713. The molecule has 0 bridgehead atoms. The molecule has 106 valence electrons. The first kappa shape index (κ1) is 14.4. The number of nitrogens with zero attached hydrogens (tertiary/aromatic N) is 2. The third-order valence-electron chi connectivity index (χ3n) is 5.02. The standard InChI is InChI=1S/C16H26N2O/c1-18(14-9-5-4-6-10-14)15(19)16(13-17)11-7-2-3-8-12-16/h14H,2-12H2,1H3. The molecule has 0 aromatic heterocycles. The van der Waals surface area contributed by atoms with E-state index >= 15 is 0 Å².